The lowest BCUT2D eigenvalue weighted by molar-refractivity contribution is -0.121. The van der Waals surface area contributed by atoms with Crippen LogP contribution in [0.1, 0.15) is 56.3 Å². The maximum Gasteiger partial charge on any atom is 0.269 e. The van der Waals surface area contributed by atoms with Crippen LogP contribution < -0.4 is 15.6 Å². The minimum atomic E-state index is -0.333. The molecule has 0 saturated carbocycles. The van der Waals surface area contributed by atoms with E-state index in [-0.39, 0.29) is 11.8 Å². The largest absolute Gasteiger partial charge is 0.494 e. The van der Waals surface area contributed by atoms with Gasteiger partial charge < -0.3 is 4.74 Å². The average Bonchev–Trinajstić information content (AvgIpc) is 2.51. The maximum absolute atomic E-state index is 11.8. The fourth-order valence-corrected chi connectivity index (χ4v) is 1.72. The minimum absolute atomic E-state index is 0.167. The van der Waals surface area contributed by atoms with E-state index < -0.39 is 0 Å². The topological polar surface area (TPSA) is 67.4 Å². The number of carbonyl (C=O) groups excluding carboxylic acids is 2. The highest BCUT2D eigenvalue weighted by atomic mass is 16.5. The lowest BCUT2D eigenvalue weighted by Gasteiger charge is -2.08. The third kappa shape index (κ3) is 6.79. The number of hydrogen-bond acceptors (Lipinski definition) is 3. The molecule has 0 fully saturated rings. The van der Waals surface area contributed by atoms with E-state index in [2.05, 4.69) is 17.8 Å². The first-order valence-corrected chi connectivity index (χ1v) is 7.49. The number of rotatable bonds is 8. The number of ether oxygens (including phenoxy) is 1. The highest BCUT2D eigenvalue weighted by Crippen LogP contribution is 2.12. The molecule has 0 atom stereocenters. The van der Waals surface area contributed by atoms with Gasteiger partial charge in [-0.2, -0.15) is 0 Å². The Kier molecular flexibility index (Phi) is 7.94. The smallest absolute Gasteiger partial charge is 0.269 e. The first kappa shape index (κ1) is 17.0. The van der Waals surface area contributed by atoms with Gasteiger partial charge in [-0.3, -0.25) is 20.4 Å². The van der Waals surface area contributed by atoms with E-state index in [1.165, 1.54) is 0 Å². The van der Waals surface area contributed by atoms with Gasteiger partial charge in [0.2, 0.25) is 5.91 Å². The molecular formula is C16H24N2O3. The molecule has 21 heavy (non-hydrogen) atoms. The molecule has 0 heterocycles. The molecule has 0 aliphatic carbocycles. The standard InChI is InChI=1S/C16H24N2O3/c1-3-5-6-7-15(19)17-18-16(20)13-8-10-14(11-9-13)21-12-4-2/h8-11H,3-7,12H2,1-2H3,(H,17,19)(H,18,20). The Morgan fingerprint density at radius 2 is 1.71 bits per heavy atom. The summed E-state index contributed by atoms with van der Waals surface area (Å²) in [4.78, 5) is 23.3. The van der Waals surface area contributed by atoms with Crippen LogP contribution in [-0.2, 0) is 4.79 Å². The van der Waals surface area contributed by atoms with Crippen LogP contribution in [0, 0.1) is 0 Å². The van der Waals surface area contributed by atoms with Crippen molar-refractivity contribution >= 4 is 11.8 Å². The fourth-order valence-electron chi connectivity index (χ4n) is 1.72. The van der Waals surface area contributed by atoms with Crippen LogP contribution in [-0.4, -0.2) is 18.4 Å². The molecule has 2 amide bonds. The van der Waals surface area contributed by atoms with Crippen molar-refractivity contribution in [2.45, 2.75) is 46.0 Å². The molecule has 0 bridgehead atoms. The average molecular weight is 292 g/mol. The number of hydrazine groups is 1. The van der Waals surface area contributed by atoms with E-state index in [9.17, 15) is 9.59 Å². The maximum atomic E-state index is 11.8. The molecular weight excluding hydrogens is 268 g/mol. The highest BCUT2D eigenvalue weighted by Gasteiger charge is 2.07. The van der Waals surface area contributed by atoms with Crippen molar-refractivity contribution in [2.75, 3.05) is 6.61 Å². The first-order chi connectivity index (χ1) is 10.2. The van der Waals surface area contributed by atoms with Crippen molar-refractivity contribution in [1.82, 2.24) is 10.9 Å². The van der Waals surface area contributed by atoms with Crippen LogP contribution in [0.4, 0.5) is 0 Å². The normalized spacial score (nSPS) is 10.0. The minimum Gasteiger partial charge on any atom is -0.494 e. The van der Waals surface area contributed by atoms with Crippen molar-refractivity contribution in [3.8, 4) is 5.75 Å². The summed E-state index contributed by atoms with van der Waals surface area (Å²) in [6.45, 7) is 4.76. The van der Waals surface area contributed by atoms with Crippen LogP contribution in [0.15, 0.2) is 24.3 Å². The van der Waals surface area contributed by atoms with E-state index >= 15 is 0 Å². The number of nitrogens with one attached hydrogen (secondary N) is 2. The summed E-state index contributed by atoms with van der Waals surface area (Å²) >= 11 is 0. The molecule has 5 nitrogen and oxygen atoms in total. The SMILES string of the molecule is CCCCCC(=O)NNC(=O)c1ccc(OCCC)cc1. The molecule has 1 rings (SSSR count). The predicted octanol–water partition coefficient (Wildman–Crippen LogP) is 2.82. The Morgan fingerprint density at radius 3 is 2.33 bits per heavy atom. The summed E-state index contributed by atoms with van der Waals surface area (Å²) in [6.07, 6.45) is 4.28. The molecule has 1 aromatic rings. The Balaban J connectivity index is 2.36. The zero-order valence-electron chi connectivity index (χ0n) is 12.8. The lowest BCUT2D eigenvalue weighted by atomic mass is 10.2. The molecule has 0 saturated heterocycles. The predicted molar refractivity (Wildman–Crippen MR) is 82.0 cm³/mol. The van der Waals surface area contributed by atoms with Crippen LogP contribution in [0.2, 0.25) is 0 Å². The Bertz CT molecular complexity index is 443. The van der Waals surface area contributed by atoms with Gasteiger partial charge in [0.1, 0.15) is 5.75 Å². The molecule has 0 aliphatic rings. The summed E-state index contributed by atoms with van der Waals surface area (Å²) in [5.41, 5.74) is 5.31. The highest BCUT2D eigenvalue weighted by molar-refractivity contribution is 5.95. The van der Waals surface area contributed by atoms with Gasteiger partial charge in [-0.25, -0.2) is 0 Å². The summed E-state index contributed by atoms with van der Waals surface area (Å²) in [5, 5.41) is 0. The van der Waals surface area contributed by atoms with Gasteiger partial charge >= 0.3 is 0 Å². The van der Waals surface area contributed by atoms with Gasteiger partial charge in [0.15, 0.2) is 0 Å². The van der Waals surface area contributed by atoms with Crippen LogP contribution >= 0.6 is 0 Å². The van der Waals surface area contributed by atoms with Crippen molar-refractivity contribution in [1.29, 1.82) is 0 Å². The first-order valence-electron chi connectivity index (χ1n) is 7.49. The van der Waals surface area contributed by atoms with Gasteiger partial charge in [-0.15, -0.1) is 0 Å². The summed E-state index contributed by atoms with van der Waals surface area (Å²) in [7, 11) is 0. The van der Waals surface area contributed by atoms with E-state index in [1.54, 1.807) is 24.3 Å². The zero-order chi connectivity index (χ0) is 15.5. The van der Waals surface area contributed by atoms with E-state index in [1.807, 2.05) is 6.92 Å². The van der Waals surface area contributed by atoms with Gasteiger partial charge in [0.25, 0.3) is 5.91 Å². The summed E-state index contributed by atoms with van der Waals surface area (Å²) < 4.78 is 5.44. The molecule has 0 aromatic heterocycles. The number of hydrogen-bond donors (Lipinski definition) is 2. The van der Waals surface area contributed by atoms with Gasteiger partial charge in [0.05, 0.1) is 6.61 Å². The molecule has 2 N–H and O–H groups in total. The van der Waals surface area contributed by atoms with Gasteiger partial charge in [-0.1, -0.05) is 26.7 Å². The van der Waals surface area contributed by atoms with Crippen LogP contribution in [0.25, 0.3) is 0 Å². The second-order valence-electron chi connectivity index (χ2n) is 4.83. The van der Waals surface area contributed by atoms with Crippen molar-refractivity contribution in [2.24, 2.45) is 0 Å². The molecule has 0 radical (unpaired) electrons. The van der Waals surface area contributed by atoms with Crippen LogP contribution in [0.5, 0.6) is 5.75 Å². The van der Waals surface area contributed by atoms with Gasteiger partial charge in [-0.05, 0) is 37.1 Å². The molecule has 0 unspecified atom stereocenters. The summed E-state index contributed by atoms with van der Waals surface area (Å²) in [5.74, 6) is 0.234. The number of unbranched alkanes of at least 4 members (excludes halogenated alkanes) is 2. The lowest BCUT2D eigenvalue weighted by Crippen LogP contribution is -2.41. The Hall–Kier alpha value is -2.04. The second-order valence-corrected chi connectivity index (χ2v) is 4.83. The monoisotopic (exact) mass is 292 g/mol. The third-order valence-electron chi connectivity index (χ3n) is 2.91. The van der Waals surface area contributed by atoms with Crippen LogP contribution in [0.3, 0.4) is 0 Å². The van der Waals surface area contributed by atoms with E-state index in [0.717, 1.165) is 31.4 Å². The number of benzene rings is 1. The second kappa shape index (κ2) is 9.80. The quantitative estimate of drug-likeness (QED) is 0.572. The molecule has 1 aromatic carbocycles. The molecule has 0 spiro atoms. The number of amides is 2. The third-order valence-corrected chi connectivity index (χ3v) is 2.91. The molecule has 116 valence electrons. The van der Waals surface area contributed by atoms with E-state index in [0.29, 0.717) is 18.6 Å². The number of carbonyl (C=O) groups is 2. The van der Waals surface area contributed by atoms with Gasteiger partial charge in [0, 0.05) is 12.0 Å². The fraction of sp³-hybridized carbons (Fsp3) is 0.500. The molecule has 0 aliphatic heterocycles. The Labute approximate surface area is 126 Å². The van der Waals surface area contributed by atoms with E-state index in [4.69, 9.17) is 4.74 Å². The van der Waals surface area contributed by atoms with Crippen molar-refractivity contribution < 1.29 is 14.3 Å². The Morgan fingerprint density at radius 1 is 1.00 bits per heavy atom. The molecule has 5 heteroatoms. The summed E-state index contributed by atoms with van der Waals surface area (Å²) in [6, 6.07) is 6.83. The van der Waals surface area contributed by atoms with Crippen molar-refractivity contribution in [3.05, 3.63) is 29.8 Å². The van der Waals surface area contributed by atoms with Crippen molar-refractivity contribution in [3.63, 3.8) is 0 Å². The zero-order valence-corrected chi connectivity index (χ0v) is 12.8.